The maximum Gasteiger partial charge on any atom is 0.124 e. The molecule has 0 radical (unpaired) electrons. The number of benzene rings is 1. The molecule has 2 rings (SSSR count). The summed E-state index contributed by atoms with van der Waals surface area (Å²) in [5.41, 5.74) is 9.47. The highest BCUT2D eigenvalue weighted by Crippen LogP contribution is 2.32. The predicted molar refractivity (Wildman–Crippen MR) is 59.0 cm³/mol. The van der Waals surface area contributed by atoms with Gasteiger partial charge < -0.3 is 15.6 Å². The van der Waals surface area contributed by atoms with E-state index in [0.29, 0.717) is 0 Å². The first kappa shape index (κ1) is 10.5. The Bertz CT molecular complexity index is 363. The van der Waals surface area contributed by atoms with Crippen molar-refractivity contribution in [2.24, 2.45) is 5.73 Å². The van der Waals surface area contributed by atoms with Gasteiger partial charge in [-0.25, -0.2) is 0 Å². The standard InChI is InChI=1S/C12H17NO2/c1-15-12-6-9-4-2-3-8(9)5-10(12)11(13)7-14/h5-6,11,14H,2-4,7,13H2,1H3/t11-/m1/s1. The second-order valence-corrected chi connectivity index (χ2v) is 4.01. The van der Waals surface area contributed by atoms with Gasteiger partial charge in [0, 0.05) is 5.56 Å². The lowest BCUT2D eigenvalue weighted by molar-refractivity contribution is 0.264. The van der Waals surface area contributed by atoms with Crippen LogP contribution in [0.3, 0.4) is 0 Å². The molecular weight excluding hydrogens is 190 g/mol. The van der Waals surface area contributed by atoms with E-state index in [4.69, 9.17) is 15.6 Å². The molecule has 1 aliphatic rings. The van der Waals surface area contributed by atoms with Gasteiger partial charge in [-0.2, -0.15) is 0 Å². The van der Waals surface area contributed by atoms with Crippen LogP contribution in [0, 0.1) is 0 Å². The molecule has 0 amide bonds. The third kappa shape index (κ3) is 1.85. The molecular formula is C12H17NO2. The molecule has 3 nitrogen and oxygen atoms in total. The van der Waals surface area contributed by atoms with Crippen molar-refractivity contribution >= 4 is 0 Å². The first-order valence-electron chi connectivity index (χ1n) is 5.32. The lowest BCUT2D eigenvalue weighted by Crippen LogP contribution is -2.16. The molecule has 1 aromatic rings. The Hall–Kier alpha value is -1.06. The van der Waals surface area contributed by atoms with Crippen LogP contribution >= 0.6 is 0 Å². The van der Waals surface area contributed by atoms with Gasteiger partial charge >= 0.3 is 0 Å². The van der Waals surface area contributed by atoms with Crippen molar-refractivity contribution in [2.75, 3.05) is 13.7 Å². The molecule has 3 heteroatoms. The van der Waals surface area contributed by atoms with Crippen LogP contribution in [0.4, 0.5) is 0 Å². The summed E-state index contributed by atoms with van der Waals surface area (Å²) >= 11 is 0. The monoisotopic (exact) mass is 207 g/mol. The van der Waals surface area contributed by atoms with E-state index in [2.05, 4.69) is 12.1 Å². The second kappa shape index (κ2) is 4.21. The Labute approximate surface area is 89.9 Å². The Balaban J connectivity index is 2.44. The maximum absolute atomic E-state index is 9.08. The number of rotatable bonds is 3. The highest BCUT2D eigenvalue weighted by molar-refractivity contribution is 5.46. The van der Waals surface area contributed by atoms with Gasteiger partial charge in [-0.15, -0.1) is 0 Å². The second-order valence-electron chi connectivity index (χ2n) is 4.01. The van der Waals surface area contributed by atoms with E-state index in [1.54, 1.807) is 7.11 Å². The Morgan fingerprint density at radius 2 is 2.07 bits per heavy atom. The zero-order valence-corrected chi connectivity index (χ0v) is 8.99. The summed E-state index contributed by atoms with van der Waals surface area (Å²) in [5, 5.41) is 9.08. The topological polar surface area (TPSA) is 55.5 Å². The van der Waals surface area contributed by atoms with Crippen LogP contribution in [0.1, 0.15) is 29.2 Å². The van der Waals surface area contributed by atoms with E-state index in [9.17, 15) is 0 Å². The number of methoxy groups -OCH3 is 1. The molecule has 3 N–H and O–H groups in total. The normalized spacial score (nSPS) is 16.2. The first-order chi connectivity index (χ1) is 7.26. The molecule has 0 bridgehead atoms. The predicted octanol–water partition coefficient (Wildman–Crippen LogP) is 1.18. The van der Waals surface area contributed by atoms with Crippen LogP contribution in [0.2, 0.25) is 0 Å². The summed E-state index contributed by atoms with van der Waals surface area (Å²) in [4.78, 5) is 0. The number of hydrogen-bond acceptors (Lipinski definition) is 3. The minimum Gasteiger partial charge on any atom is -0.496 e. The molecule has 82 valence electrons. The number of aliphatic hydroxyl groups excluding tert-OH is 1. The summed E-state index contributed by atoms with van der Waals surface area (Å²) in [6.07, 6.45) is 3.45. The lowest BCUT2D eigenvalue weighted by atomic mass is 10.0. The van der Waals surface area contributed by atoms with Gasteiger partial charge in [0.15, 0.2) is 0 Å². The number of nitrogens with two attached hydrogens (primary N) is 1. The SMILES string of the molecule is COc1cc2c(cc1[C@H](N)CO)CCC2. The Kier molecular flexibility index (Phi) is 2.93. The highest BCUT2D eigenvalue weighted by atomic mass is 16.5. The van der Waals surface area contributed by atoms with Crippen LogP contribution in [0.25, 0.3) is 0 Å². The summed E-state index contributed by atoms with van der Waals surface area (Å²) in [7, 11) is 1.64. The molecule has 0 aromatic heterocycles. The average Bonchev–Trinajstić information content (AvgIpc) is 2.73. The van der Waals surface area contributed by atoms with Crippen LogP contribution in [0.15, 0.2) is 12.1 Å². The van der Waals surface area contributed by atoms with Crippen molar-refractivity contribution in [2.45, 2.75) is 25.3 Å². The average molecular weight is 207 g/mol. The van der Waals surface area contributed by atoms with Gasteiger partial charge in [-0.05, 0) is 36.5 Å². The van der Waals surface area contributed by atoms with Crippen molar-refractivity contribution in [3.8, 4) is 5.75 Å². The van der Waals surface area contributed by atoms with Crippen LogP contribution in [-0.2, 0) is 12.8 Å². The third-order valence-corrected chi connectivity index (χ3v) is 3.04. The lowest BCUT2D eigenvalue weighted by Gasteiger charge is -2.15. The molecule has 15 heavy (non-hydrogen) atoms. The van der Waals surface area contributed by atoms with Gasteiger partial charge in [-0.3, -0.25) is 0 Å². The summed E-state index contributed by atoms with van der Waals surface area (Å²) in [5.74, 6) is 0.803. The van der Waals surface area contributed by atoms with Crippen molar-refractivity contribution in [1.29, 1.82) is 0 Å². The summed E-state index contributed by atoms with van der Waals surface area (Å²) in [6.45, 7) is -0.0465. The third-order valence-electron chi connectivity index (χ3n) is 3.04. The summed E-state index contributed by atoms with van der Waals surface area (Å²) < 4.78 is 5.30. The minimum absolute atomic E-state index is 0.0465. The van der Waals surface area contributed by atoms with E-state index < -0.39 is 0 Å². The number of fused-ring (bicyclic) bond motifs is 1. The minimum atomic E-state index is -0.342. The number of ether oxygens (including phenoxy) is 1. The van der Waals surface area contributed by atoms with Gasteiger partial charge in [-0.1, -0.05) is 6.07 Å². The number of hydrogen-bond donors (Lipinski definition) is 2. The van der Waals surface area contributed by atoms with Gasteiger partial charge in [0.2, 0.25) is 0 Å². The smallest absolute Gasteiger partial charge is 0.124 e. The van der Waals surface area contributed by atoms with Crippen molar-refractivity contribution in [1.82, 2.24) is 0 Å². The van der Waals surface area contributed by atoms with Crippen molar-refractivity contribution < 1.29 is 9.84 Å². The molecule has 1 aliphatic carbocycles. The zero-order valence-electron chi connectivity index (χ0n) is 8.99. The fourth-order valence-corrected chi connectivity index (χ4v) is 2.19. The molecule has 0 heterocycles. The quantitative estimate of drug-likeness (QED) is 0.782. The van der Waals surface area contributed by atoms with Gasteiger partial charge in [0.1, 0.15) is 5.75 Å². The fourth-order valence-electron chi connectivity index (χ4n) is 2.19. The Morgan fingerprint density at radius 3 is 2.67 bits per heavy atom. The van der Waals surface area contributed by atoms with Crippen molar-refractivity contribution in [3.05, 3.63) is 28.8 Å². The maximum atomic E-state index is 9.08. The molecule has 0 unspecified atom stereocenters. The molecule has 0 fully saturated rings. The van der Waals surface area contributed by atoms with Gasteiger partial charge in [0.25, 0.3) is 0 Å². The van der Waals surface area contributed by atoms with Crippen LogP contribution in [0.5, 0.6) is 5.75 Å². The van der Waals surface area contributed by atoms with E-state index in [0.717, 1.165) is 24.2 Å². The Morgan fingerprint density at radius 1 is 1.40 bits per heavy atom. The fraction of sp³-hybridized carbons (Fsp3) is 0.500. The molecule has 1 aromatic carbocycles. The number of aliphatic hydroxyl groups is 1. The molecule has 0 saturated heterocycles. The number of aryl methyl sites for hydroxylation is 2. The van der Waals surface area contributed by atoms with E-state index in [1.807, 2.05) is 0 Å². The van der Waals surface area contributed by atoms with E-state index in [1.165, 1.54) is 17.5 Å². The van der Waals surface area contributed by atoms with Crippen molar-refractivity contribution in [3.63, 3.8) is 0 Å². The van der Waals surface area contributed by atoms with E-state index in [-0.39, 0.29) is 12.6 Å². The highest BCUT2D eigenvalue weighted by Gasteiger charge is 2.18. The zero-order chi connectivity index (χ0) is 10.8. The largest absolute Gasteiger partial charge is 0.496 e. The molecule has 0 saturated carbocycles. The van der Waals surface area contributed by atoms with Crippen LogP contribution in [-0.4, -0.2) is 18.8 Å². The van der Waals surface area contributed by atoms with Crippen LogP contribution < -0.4 is 10.5 Å². The summed E-state index contributed by atoms with van der Waals surface area (Å²) in [6, 6.07) is 3.81. The first-order valence-corrected chi connectivity index (χ1v) is 5.32. The molecule has 0 aliphatic heterocycles. The molecule has 0 spiro atoms. The molecule has 1 atom stereocenters. The van der Waals surface area contributed by atoms with E-state index >= 15 is 0 Å². The van der Waals surface area contributed by atoms with Gasteiger partial charge in [0.05, 0.1) is 19.8 Å².